The predicted octanol–water partition coefficient (Wildman–Crippen LogP) is 2.20. The lowest BCUT2D eigenvalue weighted by atomic mass is 10.1. The van der Waals surface area contributed by atoms with Crippen molar-refractivity contribution >= 4 is 10.0 Å². The predicted molar refractivity (Wildman–Crippen MR) is 82.8 cm³/mol. The fourth-order valence-electron chi connectivity index (χ4n) is 2.88. The Morgan fingerprint density at radius 1 is 1.36 bits per heavy atom. The lowest BCUT2D eigenvalue weighted by molar-refractivity contribution is 0.218. The maximum Gasteiger partial charge on any atom is 0.275 e. The van der Waals surface area contributed by atoms with Crippen LogP contribution in [0.1, 0.15) is 30.3 Å². The number of H-pyrrole nitrogens is 1. The molecule has 0 saturated carbocycles. The Morgan fingerprint density at radius 3 is 2.86 bits per heavy atom. The van der Waals surface area contributed by atoms with Gasteiger partial charge >= 0.3 is 0 Å². The monoisotopic (exact) mass is 323 g/mol. The average Bonchev–Trinajstić information content (AvgIpc) is 3.19. The van der Waals surface area contributed by atoms with E-state index >= 15 is 0 Å². The minimum atomic E-state index is -3.50. The maximum atomic E-state index is 12.0. The summed E-state index contributed by atoms with van der Waals surface area (Å²) in [5.74, 6) is 0.680. The van der Waals surface area contributed by atoms with E-state index in [1.165, 1.54) is 25.9 Å². The SMILES string of the molecule is CN(C)S(=O)(=O)c1ccc(CN2CCC[C@@H]2c2ccc[nH]2)o1. The normalized spacial score (nSPS) is 20.0. The molecule has 2 aromatic rings. The highest BCUT2D eigenvalue weighted by molar-refractivity contribution is 7.88. The molecule has 1 aliphatic rings. The van der Waals surface area contributed by atoms with Gasteiger partial charge in [0.15, 0.2) is 0 Å². The van der Waals surface area contributed by atoms with Gasteiger partial charge in [-0.3, -0.25) is 4.90 Å². The third-order valence-corrected chi connectivity index (χ3v) is 5.76. The summed E-state index contributed by atoms with van der Waals surface area (Å²) in [6, 6.07) is 7.72. The largest absolute Gasteiger partial charge is 0.447 e. The fourth-order valence-corrected chi connectivity index (χ4v) is 3.69. The zero-order chi connectivity index (χ0) is 15.7. The van der Waals surface area contributed by atoms with Crippen molar-refractivity contribution in [2.75, 3.05) is 20.6 Å². The highest BCUT2D eigenvalue weighted by Crippen LogP contribution is 2.32. The Hall–Kier alpha value is -1.57. The second kappa shape index (κ2) is 5.91. The third kappa shape index (κ3) is 2.84. The fraction of sp³-hybridized carbons (Fsp3) is 0.467. The van der Waals surface area contributed by atoms with Gasteiger partial charge in [0.1, 0.15) is 5.76 Å². The molecule has 0 amide bonds. The Bertz CT molecular complexity index is 719. The zero-order valence-electron chi connectivity index (χ0n) is 12.8. The molecule has 7 heteroatoms. The number of aromatic nitrogens is 1. The minimum Gasteiger partial charge on any atom is -0.447 e. The van der Waals surface area contributed by atoms with E-state index in [1.54, 1.807) is 6.07 Å². The van der Waals surface area contributed by atoms with E-state index in [9.17, 15) is 8.42 Å². The molecule has 1 aliphatic heterocycles. The summed E-state index contributed by atoms with van der Waals surface area (Å²) in [7, 11) is -0.506. The molecule has 3 heterocycles. The first-order valence-electron chi connectivity index (χ1n) is 7.37. The zero-order valence-corrected chi connectivity index (χ0v) is 13.6. The Labute approximate surface area is 130 Å². The summed E-state index contributed by atoms with van der Waals surface area (Å²) >= 11 is 0. The van der Waals surface area contributed by atoms with E-state index in [0.717, 1.165) is 23.7 Å². The van der Waals surface area contributed by atoms with Gasteiger partial charge < -0.3 is 9.40 Å². The van der Waals surface area contributed by atoms with Crippen molar-refractivity contribution in [1.82, 2.24) is 14.2 Å². The van der Waals surface area contributed by atoms with Gasteiger partial charge in [0.25, 0.3) is 10.0 Å². The first-order valence-corrected chi connectivity index (χ1v) is 8.81. The molecule has 0 bridgehead atoms. The molecule has 6 nitrogen and oxygen atoms in total. The van der Waals surface area contributed by atoms with Crippen LogP contribution in [-0.4, -0.2) is 43.2 Å². The first kappa shape index (κ1) is 15.3. The molecular weight excluding hydrogens is 302 g/mol. The number of nitrogens with zero attached hydrogens (tertiary/aromatic N) is 2. The van der Waals surface area contributed by atoms with E-state index in [1.807, 2.05) is 12.3 Å². The molecule has 0 radical (unpaired) electrons. The van der Waals surface area contributed by atoms with E-state index in [4.69, 9.17) is 4.42 Å². The molecule has 3 rings (SSSR count). The van der Waals surface area contributed by atoms with E-state index in [2.05, 4.69) is 16.0 Å². The van der Waals surface area contributed by atoms with Crippen LogP contribution in [0.5, 0.6) is 0 Å². The van der Waals surface area contributed by atoms with Crippen molar-refractivity contribution in [1.29, 1.82) is 0 Å². The summed E-state index contributed by atoms with van der Waals surface area (Å²) in [6.45, 7) is 1.60. The standard InChI is InChI=1S/C15H21N3O3S/c1-17(2)22(19,20)15-8-7-12(21-15)11-18-10-4-6-14(18)13-5-3-9-16-13/h3,5,7-9,14,16H,4,6,10-11H2,1-2H3/t14-/m1/s1. The second-order valence-electron chi connectivity index (χ2n) is 5.76. The van der Waals surface area contributed by atoms with Crippen LogP contribution in [-0.2, 0) is 16.6 Å². The topological polar surface area (TPSA) is 69.6 Å². The molecule has 1 N–H and O–H groups in total. The lowest BCUT2D eigenvalue weighted by Crippen LogP contribution is -2.23. The van der Waals surface area contributed by atoms with Gasteiger partial charge in [-0.15, -0.1) is 0 Å². The molecule has 0 aromatic carbocycles. The summed E-state index contributed by atoms with van der Waals surface area (Å²) in [4.78, 5) is 5.58. The second-order valence-corrected chi connectivity index (χ2v) is 7.84. The Balaban J connectivity index is 1.75. The van der Waals surface area contributed by atoms with Crippen LogP contribution < -0.4 is 0 Å². The van der Waals surface area contributed by atoms with Crippen LogP contribution >= 0.6 is 0 Å². The summed E-state index contributed by atoms with van der Waals surface area (Å²) < 4.78 is 30.8. The number of nitrogens with one attached hydrogen (secondary N) is 1. The number of rotatable bonds is 5. The molecule has 1 saturated heterocycles. The van der Waals surface area contributed by atoms with Gasteiger partial charge in [-0.25, -0.2) is 12.7 Å². The van der Waals surface area contributed by atoms with Crippen molar-refractivity contribution in [3.05, 3.63) is 41.9 Å². The number of likely N-dealkylation sites (tertiary alicyclic amines) is 1. The van der Waals surface area contributed by atoms with Crippen molar-refractivity contribution in [3.8, 4) is 0 Å². The number of hydrogen-bond donors (Lipinski definition) is 1. The molecule has 0 unspecified atom stereocenters. The minimum absolute atomic E-state index is 0.00289. The Kier molecular flexibility index (Phi) is 4.12. The van der Waals surface area contributed by atoms with Crippen molar-refractivity contribution in [2.45, 2.75) is 30.5 Å². The van der Waals surface area contributed by atoms with E-state index < -0.39 is 10.0 Å². The van der Waals surface area contributed by atoms with Crippen LogP contribution in [0.25, 0.3) is 0 Å². The molecule has 0 spiro atoms. The summed E-state index contributed by atoms with van der Waals surface area (Å²) in [5, 5.41) is 0.00289. The maximum absolute atomic E-state index is 12.0. The molecule has 22 heavy (non-hydrogen) atoms. The van der Waals surface area contributed by atoms with Crippen molar-refractivity contribution in [2.24, 2.45) is 0 Å². The van der Waals surface area contributed by atoms with Crippen LogP contribution in [0.2, 0.25) is 0 Å². The highest BCUT2D eigenvalue weighted by atomic mass is 32.2. The summed E-state index contributed by atoms with van der Waals surface area (Å²) in [5.41, 5.74) is 1.20. The molecule has 120 valence electrons. The highest BCUT2D eigenvalue weighted by Gasteiger charge is 2.28. The number of hydrogen-bond acceptors (Lipinski definition) is 4. The van der Waals surface area contributed by atoms with E-state index in [-0.39, 0.29) is 5.09 Å². The average molecular weight is 323 g/mol. The summed E-state index contributed by atoms with van der Waals surface area (Å²) in [6.07, 6.45) is 4.16. The molecule has 0 aliphatic carbocycles. The molecule has 1 fully saturated rings. The number of aromatic amines is 1. The molecule has 1 atom stereocenters. The van der Waals surface area contributed by atoms with Gasteiger partial charge in [-0.2, -0.15) is 0 Å². The molecule has 2 aromatic heterocycles. The van der Waals surface area contributed by atoms with Gasteiger partial charge in [0.05, 0.1) is 12.6 Å². The quantitative estimate of drug-likeness (QED) is 0.916. The van der Waals surface area contributed by atoms with Crippen molar-refractivity contribution < 1.29 is 12.8 Å². The smallest absolute Gasteiger partial charge is 0.275 e. The number of sulfonamides is 1. The molecular formula is C15H21N3O3S. The Morgan fingerprint density at radius 2 is 2.18 bits per heavy atom. The van der Waals surface area contributed by atoms with Crippen LogP contribution in [0.15, 0.2) is 40.0 Å². The van der Waals surface area contributed by atoms with Gasteiger partial charge in [0.2, 0.25) is 5.09 Å². The van der Waals surface area contributed by atoms with Gasteiger partial charge in [0, 0.05) is 26.0 Å². The lowest BCUT2D eigenvalue weighted by Gasteiger charge is -2.22. The van der Waals surface area contributed by atoms with Gasteiger partial charge in [-0.1, -0.05) is 0 Å². The van der Waals surface area contributed by atoms with Crippen LogP contribution in [0.3, 0.4) is 0 Å². The van der Waals surface area contributed by atoms with Gasteiger partial charge in [-0.05, 0) is 43.7 Å². The van der Waals surface area contributed by atoms with Crippen molar-refractivity contribution in [3.63, 3.8) is 0 Å². The van der Waals surface area contributed by atoms with E-state index in [0.29, 0.717) is 18.3 Å². The van der Waals surface area contributed by atoms with Crippen LogP contribution in [0.4, 0.5) is 0 Å². The first-order chi connectivity index (χ1) is 10.5. The number of furan rings is 1. The van der Waals surface area contributed by atoms with Crippen LogP contribution in [0, 0.1) is 0 Å². The third-order valence-electron chi connectivity index (χ3n) is 4.08.